The molecule has 0 heterocycles. The normalized spacial score (nSPS) is 11.7. The predicted molar refractivity (Wildman–Crippen MR) is 90.9 cm³/mol. The molecule has 22 heavy (non-hydrogen) atoms. The van der Waals surface area contributed by atoms with Crippen LogP contribution in [0.3, 0.4) is 0 Å². The van der Waals surface area contributed by atoms with Crippen LogP contribution in [0.2, 0.25) is 5.02 Å². The van der Waals surface area contributed by atoms with Crippen molar-refractivity contribution in [3.8, 4) is 0 Å². The zero-order valence-corrected chi connectivity index (χ0v) is 14.8. The zero-order chi connectivity index (χ0) is 16.5. The van der Waals surface area contributed by atoms with E-state index in [-0.39, 0.29) is 6.54 Å². The van der Waals surface area contributed by atoms with Crippen molar-refractivity contribution in [3.05, 3.63) is 63.2 Å². The molecular weight excluding hydrogens is 318 g/mol. The summed E-state index contributed by atoms with van der Waals surface area (Å²) in [5.74, 6) is 0. The largest absolute Gasteiger partial charge is 0.241 e. The maximum Gasteiger partial charge on any atom is 0.241 e. The molecule has 0 fully saturated rings. The van der Waals surface area contributed by atoms with Gasteiger partial charge in [0.05, 0.1) is 4.90 Å². The lowest BCUT2D eigenvalue weighted by Gasteiger charge is -2.15. The molecule has 0 aliphatic heterocycles. The van der Waals surface area contributed by atoms with Gasteiger partial charge in [-0.05, 0) is 67.6 Å². The third-order valence-electron chi connectivity index (χ3n) is 4.13. The van der Waals surface area contributed by atoms with Crippen molar-refractivity contribution in [2.24, 2.45) is 0 Å². The first kappa shape index (κ1) is 17.0. The number of nitrogens with one attached hydrogen (secondary N) is 1. The molecule has 3 nitrogen and oxygen atoms in total. The minimum absolute atomic E-state index is 0.174. The lowest BCUT2D eigenvalue weighted by atomic mass is 10.00. The van der Waals surface area contributed by atoms with Gasteiger partial charge in [-0.15, -0.1) is 0 Å². The van der Waals surface area contributed by atoms with Crippen LogP contribution in [0.5, 0.6) is 0 Å². The van der Waals surface area contributed by atoms with Gasteiger partial charge in [-0.25, -0.2) is 13.1 Å². The van der Waals surface area contributed by atoms with Crippen molar-refractivity contribution in [2.45, 2.75) is 39.1 Å². The molecule has 0 aliphatic rings. The van der Waals surface area contributed by atoms with Crippen LogP contribution in [-0.4, -0.2) is 8.42 Å². The molecule has 118 valence electrons. The monoisotopic (exact) mass is 337 g/mol. The minimum Gasteiger partial charge on any atom is -0.207 e. The molecule has 0 amide bonds. The molecule has 2 rings (SSSR count). The summed E-state index contributed by atoms with van der Waals surface area (Å²) in [6.07, 6.45) is 0. The van der Waals surface area contributed by atoms with E-state index < -0.39 is 10.0 Å². The number of aryl methyl sites for hydroxylation is 1. The first-order valence-corrected chi connectivity index (χ1v) is 8.90. The van der Waals surface area contributed by atoms with Gasteiger partial charge in [-0.3, -0.25) is 0 Å². The first-order chi connectivity index (χ1) is 10.2. The number of hydrogen-bond acceptors (Lipinski definition) is 2. The second-order valence-corrected chi connectivity index (χ2v) is 7.63. The maximum atomic E-state index is 12.6. The van der Waals surface area contributed by atoms with Crippen LogP contribution in [0, 0.1) is 27.7 Å². The van der Waals surface area contributed by atoms with Gasteiger partial charge in [-0.1, -0.05) is 29.8 Å². The van der Waals surface area contributed by atoms with E-state index in [0.29, 0.717) is 9.92 Å². The molecule has 0 bridgehead atoms. The van der Waals surface area contributed by atoms with E-state index in [1.807, 2.05) is 45.9 Å². The Morgan fingerprint density at radius 3 is 2.27 bits per heavy atom. The van der Waals surface area contributed by atoms with Crippen LogP contribution in [0.1, 0.15) is 27.8 Å². The Bertz CT molecular complexity index is 814. The van der Waals surface area contributed by atoms with Gasteiger partial charge in [-0.2, -0.15) is 0 Å². The van der Waals surface area contributed by atoms with E-state index in [2.05, 4.69) is 4.72 Å². The molecule has 2 aromatic rings. The van der Waals surface area contributed by atoms with E-state index in [1.54, 1.807) is 12.1 Å². The van der Waals surface area contributed by atoms with Crippen molar-refractivity contribution in [1.29, 1.82) is 0 Å². The van der Waals surface area contributed by atoms with Gasteiger partial charge in [0, 0.05) is 11.6 Å². The SMILES string of the molecule is Cc1cc(S(=O)(=O)NCc2ccccc2Cl)c(C)c(C)c1C. The van der Waals surface area contributed by atoms with Crippen LogP contribution in [0.15, 0.2) is 35.2 Å². The predicted octanol–water partition coefficient (Wildman–Crippen LogP) is 4.05. The summed E-state index contributed by atoms with van der Waals surface area (Å²) in [7, 11) is -3.58. The fraction of sp³-hybridized carbons (Fsp3) is 0.294. The number of hydrogen-bond donors (Lipinski definition) is 1. The highest BCUT2D eigenvalue weighted by molar-refractivity contribution is 7.89. The van der Waals surface area contributed by atoms with Crippen molar-refractivity contribution >= 4 is 21.6 Å². The van der Waals surface area contributed by atoms with Crippen LogP contribution in [0.25, 0.3) is 0 Å². The molecule has 0 spiro atoms. The Hall–Kier alpha value is -1.36. The van der Waals surface area contributed by atoms with E-state index in [1.165, 1.54) is 0 Å². The number of rotatable bonds is 4. The summed E-state index contributed by atoms with van der Waals surface area (Å²) >= 11 is 6.07. The molecule has 0 aromatic heterocycles. The maximum absolute atomic E-state index is 12.6. The highest BCUT2D eigenvalue weighted by Crippen LogP contribution is 2.25. The minimum atomic E-state index is -3.58. The summed E-state index contributed by atoms with van der Waals surface area (Å²) in [4.78, 5) is 0.333. The van der Waals surface area contributed by atoms with Gasteiger partial charge >= 0.3 is 0 Å². The Labute approximate surface area is 137 Å². The highest BCUT2D eigenvalue weighted by Gasteiger charge is 2.19. The second-order valence-electron chi connectivity index (χ2n) is 5.48. The summed E-state index contributed by atoms with van der Waals surface area (Å²) in [6.45, 7) is 7.89. The van der Waals surface area contributed by atoms with Crippen LogP contribution in [-0.2, 0) is 16.6 Å². The highest BCUT2D eigenvalue weighted by atomic mass is 35.5. The molecule has 5 heteroatoms. The number of halogens is 1. The molecule has 0 aliphatic carbocycles. The Balaban J connectivity index is 2.34. The lowest BCUT2D eigenvalue weighted by molar-refractivity contribution is 0.580. The van der Waals surface area contributed by atoms with Gasteiger partial charge in [0.2, 0.25) is 10.0 Å². The average Bonchev–Trinajstić information content (AvgIpc) is 2.48. The topological polar surface area (TPSA) is 46.2 Å². The fourth-order valence-corrected chi connectivity index (χ4v) is 3.94. The molecular formula is C17H20ClNO2S. The first-order valence-electron chi connectivity index (χ1n) is 7.04. The van der Waals surface area contributed by atoms with Crippen molar-refractivity contribution < 1.29 is 8.42 Å². The third kappa shape index (κ3) is 3.35. The van der Waals surface area contributed by atoms with Gasteiger partial charge in [0.1, 0.15) is 0 Å². The molecule has 0 saturated heterocycles. The molecule has 0 radical (unpaired) electrons. The third-order valence-corrected chi connectivity index (χ3v) is 6.03. The Morgan fingerprint density at radius 2 is 1.64 bits per heavy atom. The lowest BCUT2D eigenvalue weighted by Crippen LogP contribution is -2.24. The van der Waals surface area contributed by atoms with Gasteiger partial charge in [0.25, 0.3) is 0 Å². The zero-order valence-electron chi connectivity index (χ0n) is 13.2. The molecule has 0 unspecified atom stereocenters. The van der Waals surface area contributed by atoms with Crippen molar-refractivity contribution in [3.63, 3.8) is 0 Å². The average molecular weight is 338 g/mol. The summed E-state index contributed by atoms with van der Waals surface area (Å²) in [5, 5.41) is 0.554. The number of sulfonamides is 1. The fourth-order valence-electron chi connectivity index (χ4n) is 2.35. The van der Waals surface area contributed by atoms with E-state index in [0.717, 1.165) is 27.8 Å². The summed E-state index contributed by atoms with van der Waals surface area (Å²) < 4.78 is 27.8. The molecule has 1 N–H and O–H groups in total. The number of benzene rings is 2. The molecule has 0 atom stereocenters. The van der Waals surface area contributed by atoms with Crippen LogP contribution in [0.4, 0.5) is 0 Å². The van der Waals surface area contributed by atoms with Crippen LogP contribution >= 0.6 is 11.6 Å². The van der Waals surface area contributed by atoms with Gasteiger partial charge < -0.3 is 0 Å². The van der Waals surface area contributed by atoms with E-state index in [9.17, 15) is 8.42 Å². The van der Waals surface area contributed by atoms with E-state index >= 15 is 0 Å². The van der Waals surface area contributed by atoms with Crippen LogP contribution < -0.4 is 4.72 Å². The summed E-state index contributed by atoms with van der Waals surface area (Å²) in [6, 6.07) is 8.94. The molecule has 0 saturated carbocycles. The quantitative estimate of drug-likeness (QED) is 0.914. The van der Waals surface area contributed by atoms with Crippen molar-refractivity contribution in [1.82, 2.24) is 4.72 Å². The standard InChI is InChI=1S/C17H20ClNO2S/c1-11-9-17(14(4)13(3)12(11)2)22(20,21)19-10-15-7-5-6-8-16(15)18/h5-9,19H,10H2,1-4H3. The summed E-state index contributed by atoms with van der Waals surface area (Å²) in [5.41, 5.74) is 4.66. The van der Waals surface area contributed by atoms with Gasteiger partial charge in [0.15, 0.2) is 0 Å². The second kappa shape index (κ2) is 6.41. The molecule has 2 aromatic carbocycles. The Kier molecular flexibility index (Phi) is 4.95. The smallest absolute Gasteiger partial charge is 0.207 e. The van der Waals surface area contributed by atoms with Crippen molar-refractivity contribution in [2.75, 3.05) is 0 Å². The van der Waals surface area contributed by atoms with E-state index in [4.69, 9.17) is 11.6 Å². The Morgan fingerprint density at radius 1 is 1.00 bits per heavy atom.